The van der Waals surface area contributed by atoms with Gasteiger partial charge in [-0.25, -0.2) is 0 Å². The minimum Gasteiger partial charge on any atom is -0.198 e. The molecule has 5 heteroatoms. The van der Waals surface area contributed by atoms with E-state index < -0.39 is 15.7 Å². The van der Waals surface area contributed by atoms with Gasteiger partial charge in [-0.05, 0) is 44.7 Å². The van der Waals surface area contributed by atoms with Crippen LogP contribution in [0.1, 0.15) is 44.7 Å². The molecule has 1 fully saturated rings. The Morgan fingerprint density at radius 3 is 1.69 bits per heavy atom. The van der Waals surface area contributed by atoms with E-state index in [4.69, 9.17) is 4.28 Å². The van der Waals surface area contributed by atoms with Crippen LogP contribution in [0.5, 0.6) is 0 Å². The minimum atomic E-state index is -3.57. The summed E-state index contributed by atoms with van der Waals surface area (Å²) in [6.07, 6.45) is 2.73. The van der Waals surface area contributed by atoms with E-state index in [2.05, 4.69) is 48.5 Å². The Hall–Kier alpha value is -1.69. The average Bonchev–Trinajstić information content (AvgIpc) is 2.53. The van der Waals surface area contributed by atoms with Crippen molar-refractivity contribution in [3.05, 3.63) is 71.8 Å². The third kappa shape index (κ3) is 3.85. The van der Waals surface area contributed by atoms with Crippen LogP contribution in [0.2, 0.25) is 0 Å². The molecule has 0 unspecified atom stereocenters. The lowest BCUT2D eigenvalue weighted by Crippen LogP contribution is -2.59. The molecule has 0 radical (unpaired) electrons. The number of hydrogen-bond acceptors (Lipinski definition) is 4. The fourth-order valence-electron chi connectivity index (χ4n) is 3.93. The molecule has 0 saturated heterocycles. The maximum atomic E-state index is 11.8. The van der Waals surface area contributed by atoms with Gasteiger partial charge in [0, 0.05) is 17.0 Å². The van der Waals surface area contributed by atoms with Gasteiger partial charge in [0.15, 0.2) is 0 Å². The van der Waals surface area contributed by atoms with Gasteiger partial charge in [0.1, 0.15) is 0 Å². The summed E-state index contributed by atoms with van der Waals surface area (Å²) in [5.41, 5.74) is 2.00. The summed E-state index contributed by atoms with van der Waals surface area (Å²) in [7, 11) is -3.57. The predicted octanol–water partition coefficient (Wildman–Crippen LogP) is 4.13. The zero-order valence-corrected chi connectivity index (χ0v) is 16.7. The highest BCUT2D eigenvalue weighted by Crippen LogP contribution is 2.52. The summed E-state index contributed by atoms with van der Waals surface area (Å²) in [6.45, 7) is 5.93. The first kappa shape index (κ1) is 19.1. The standard InChI is InChI=1S/C21H27NO3S/c1-20(2,3)22(25-26(4,23)24)19-15-21(16-19,17-11-7-5-8-12-17)18-13-9-6-10-14-18/h5-14,19H,15-16H2,1-4H3. The molecule has 0 atom stereocenters. The SMILES string of the molecule is CC(C)(C)N(OS(C)(=O)=O)C1CC(c2ccccc2)(c2ccccc2)C1. The van der Waals surface area contributed by atoms with Gasteiger partial charge in [0.25, 0.3) is 10.1 Å². The van der Waals surface area contributed by atoms with Crippen molar-refractivity contribution in [2.75, 3.05) is 6.26 Å². The minimum absolute atomic E-state index is 0.0325. The highest BCUT2D eigenvalue weighted by molar-refractivity contribution is 7.85. The van der Waals surface area contributed by atoms with Gasteiger partial charge in [0.2, 0.25) is 0 Å². The van der Waals surface area contributed by atoms with Gasteiger partial charge in [0.05, 0.1) is 6.26 Å². The molecular weight excluding hydrogens is 346 g/mol. The Labute approximate surface area is 156 Å². The Bertz CT molecular complexity index is 794. The molecule has 26 heavy (non-hydrogen) atoms. The van der Waals surface area contributed by atoms with Crippen molar-refractivity contribution < 1.29 is 12.7 Å². The van der Waals surface area contributed by atoms with Gasteiger partial charge >= 0.3 is 0 Å². The summed E-state index contributed by atoms with van der Waals surface area (Å²) >= 11 is 0. The molecule has 1 saturated carbocycles. The number of hydrogen-bond donors (Lipinski definition) is 0. The summed E-state index contributed by atoms with van der Waals surface area (Å²) in [4.78, 5) is 0. The molecule has 0 N–H and O–H groups in total. The first-order chi connectivity index (χ1) is 12.1. The van der Waals surface area contributed by atoms with Crippen molar-refractivity contribution in [2.45, 2.75) is 50.6 Å². The molecule has 4 nitrogen and oxygen atoms in total. The molecule has 2 aromatic rings. The van der Waals surface area contributed by atoms with Crippen molar-refractivity contribution >= 4 is 10.1 Å². The molecule has 140 valence electrons. The molecule has 0 bridgehead atoms. The van der Waals surface area contributed by atoms with Crippen LogP contribution in [0.25, 0.3) is 0 Å². The lowest BCUT2D eigenvalue weighted by Gasteiger charge is -2.54. The number of hydroxylamine groups is 2. The van der Waals surface area contributed by atoms with Crippen LogP contribution < -0.4 is 0 Å². The van der Waals surface area contributed by atoms with Crippen molar-refractivity contribution in [3.63, 3.8) is 0 Å². The largest absolute Gasteiger partial charge is 0.280 e. The molecule has 0 spiro atoms. The Morgan fingerprint density at radius 1 is 0.923 bits per heavy atom. The highest BCUT2D eigenvalue weighted by Gasteiger charge is 2.51. The molecule has 3 rings (SSSR count). The van der Waals surface area contributed by atoms with Crippen LogP contribution >= 0.6 is 0 Å². The highest BCUT2D eigenvalue weighted by atomic mass is 32.2. The number of benzene rings is 2. The maximum absolute atomic E-state index is 11.8. The number of rotatable bonds is 5. The van der Waals surface area contributed by atoms with E-state index in [0.29, 0.717) is 0 Å². The van der Waals surface area contributed by atoms with Crippen molar-refractivity contribution in [3.8, 4) is 0 Å². The van der Waals surface area contributed by atoms with Crippen LogP contribution in [0, 0.1) is 0 Å². The van der Waals surface area contributed by atoms with Crippen LogP contribution in [-0.2, 0) is 19.8 Å². The van der Waals surface area contributed by atoms with Crippen molar-refractivity contribution in [1.82, 2.24) is 5.06 Å². The lowest BCUT2D eigenvalue weighted by molar-refractivity contribution is -0.183. The van der Waals surface area contributed by atoms with Crippen molar-refractivity contribution in [1.29, 1.82) is 0 Å². The quantitative estimate of drug-likeness (QED) is 0.740. The molecule has 0 aromatic heterocycles. The summed E-state index contributed by atoms with van der Waals surface area (Å²) < 4.78 is 28.9. The fourth-order valence-corrected chi connectivity index (χ4v) is 4.57. The Morgan fingerprint density at radius 2 is 1.35 bits per heavy atom. The first-order valence-corrected chi connectivity index (χ1v) is 10.7. The fraction of sp³-hybridized carbons (Fsp3) is 0.429. The summed E-state index contributed by atoms with van der Waals surface area (Å²) in [5, 5.41) is 1.66. The van der Waals surface area contributed by atoms with E-state index >= 15 is 0 Å². The van der Waals surface area contributed by atoms with E-state index in [9.17, 15) is 8.42 Å². The summed E-state index contributed by atoms with van der Waals surface area (Å²) in [5.74, 6) is 0. The molecule has 0 heterocycles. The van der Waals surface area contributed by atoms with Crippen LogP contribution in [-0.4, -0.2) is 31.3 Å². The van der Waals surface area contributed by atoms with Gasteiger partial charge in [-0.15, -0.1) is 0 Å². The number of nitrogens with zero attached hydrogens (tertiary/aromatic N) is 1. The monoisotopic (exact) mass is 373 g/mol. The summed E-state index contributed by atoms with van der Waals surface area (Å²) in [6, 6.07) is 20.9. The third-order valence-corrected chi connectivity index (χ3v) is 5.46. The smallest absolute Gasteiger partial charge is 0.198 e. The van der Waals surface area contributed by atoms with E-state index in [1.165, 1.54) is 11.1 Å². The van der Waals surface area contributed by atoms with Crippen LogP contribution in [0.3, 0.4) is 0 Å². The average molecular weight is 374 g/mol. The second kappa shape index (κ2) is 6.80. The van der Waals surface area contributed by atoms with Crippen molar-refractivity contribution in [2.24, 2.45) is 0 Å². The van der Waals surface area contributed by atoms with Gasteiger partial charge in [-0.2, -0.15) is 17.8 Å². The van der Waals surface area contributed by atoms with Gasteiger partial charge in [-0.1, -0.05) is 60.7 Å². The molecule has 0 aliphatic heterocycles. The molecular formula is C21H27NO3S. The normalized spacial score (nSPS) is 17.9. The molecule has 1 aliphatic rings. The third-order valence-electron chi connectivity index (χ3n) is 5.03. The topological polar surface area (TPSA) is 46.6 Å². The zero-order chi connectivity index (χ0) is 19.0. The van der Waals surface area contributed by atoms with Gasteiger partial charge < -0.3 is 0 Å². The maximum Gasteiger partial charge on any atom is 0.280 e. The second-order valence-electron chi connectivity index (χ2n) is 8.15. The van der Waals surface area contributed by atoms with E-state index in [1.54, 1.807) is 5.06 Å². The lowest BCUT2D eigenvalue weighted by atomic mass is 9.57. The van der Waals surface area contributed by atoms with Crippen LogP contribution in [0.15, 0.2) is 60.7 Å². The first-order valence-electron chi connectivity index (χ1n) is 8.92. The Kier molecular flexibility index (Phi) is 4.99. The molecule has 0 amide bonds. The zero-order valence-electron chi connectivity index (χ0n) is 15.8. The predicted molar refractivity (Wildman–Crippen MR) is 104 cm³/mol. The van der Waals surface area contributed by atoms with E-state index in [-0.39, 0.29) is 11.5 Å². The van der Waals surface area contributed by atoms with Crippen LogP contribution in [0.4, 0.5) is 0 Å². The molecule has 1 aliphatic carbocycles. The van der Waals surface area contributed by atoms with E-state index in [0.717, 1.165) is 19.1 Å². The Balaban J connectivity index is 1.94. The second-order valence-corrected chi connectivity index (χ2v) is 9.71. The van der Waals surface area contributed by atoms with E-state index in [1.807, 2.05) is 32.9 Å². The van der Waals surface area contributed by atoms with Gasteiger partial charge in [-0.3, -0.25) is 0 Å². The molecule has 2 aromatic carbocycles.